The van der Waals surface area contributed by atoms with Crippen LogP contribution in [-0.2, 0) is 4.79 Å². The lowest BCUT2D eigenvalue weighted by molar-refractivity contribution is -0.142. The summed E-state index contributed by atoms with van der Waals surface area (Å²) in [5.41, 5.74) is -0.150. The Bertz CT molecular complexity index is 514. The maximum atomic E-state index is 11.5. The molecule has 0 spiro atoms. The fourth-order valence-electron chi connectivity index (χ4n) is 2.05. The summed E-state index contributed by atoms with van der Waals surface area (Å²) in [5, 5.41) is 14.9. The normalized spacial score (nSPS) is 17.4. The van der Waals surface area contributed by atoms with Gasteiger partial charge in [-0.05, 0) is 37.8 Å². The highest BCUT2D eigenvalue weighted by Crippen LogP contribution is 2.41. The number of amides is 1. The maximum Gasteiger partial charge on any atom is 0.329 e. The Kier molecular flexibility index (Phi) is 3.42. The molecule has 0 saturated heterocycles. The molecule has 19 heavy (non-hydrogen) atoms. The van der Waals surface area contributed by atoms with Gasteiger partial charge in [0.25, 0.3) is 5.91 Å². The van der Waals surface area contributed by atoms with Gasteiger partial charge in [-0.1, -0.05) is 0 Å². The van der Waals surface area contributed by atoms with Crippen molar-refractivity contribution in [3.63, 3.8) is 0 Å². The van der Waals surface area contributed by atoms with E-state index in [9.17, 15) is 14.7 Å². The second-order valence-electron chi connectivity index (χ2n) is 4.92. The summed E-state index contributed by atoms with van der Waals surface area (Å²) in [5.74, 6) is -1.05. The number of aromatic nitrogens is 1. The Hall–Kier alpha value is -2.11. The van der Waals surface area contributed by atoms with E-state index in [1.807, 2.05) is 0 Å². The van der Waals surface area contributed by atoms with Crippen molar-refractivity contribution in [2.24, 2.45) is 5.92 Å². The van der Waals surface area contributed by atoms with E-state index < -0.39 is 11.5 Å². The number of carboxylic acids is 1. The number of pyridine rings is 1. The lowest BCUT2D eigenvalue weighted by Crippen LogP contribution is -2.45. The predicted molar refractivity (Wildman–Crippen MR) is 70.0 cm³/mol. The second-order valence-corrected chi connectivity index (χ2v) is 4.92. The average Bonchev–Trinajstić information content (AvgIpc) is 3.22. The molecule has 1 aliphatic rings. The van der Waals surface area contributed by atoms with Gasteiger partial charge in [-0.2, -0.15) is 0 Å². The van der Waals surface area contributed by atoms with Crippen LogP contribution in [0.15, 0.2) is 18.3 Å². The van der Waals surface area contributed by atoms with Crippen LogP contribution in [0.5, 0.6) is 0 Å². The molecule has 6 nitrogen and oxygen atoms in total. The van der Waals surface area contributed by atoms with Gasteiger partial charge in [0.1, 0.15) is 11.2 Å². The lowest BCUT2D eigenvalue weighted by Gasteiger charge is -2.27. The zero-order chi connectivity index (χ0) is 14.0. The highest BCUT2D eigenvalue weighted by Gasteiger charge is 2.47. The first-order chi connectivity index (χ1) is 8.97. The molecule has 1 fully saturated rings. The van der Waals surface area contributed by atoms with E-state index in [-0.39, 0.29) is 17.5 Å². The van der Waals surface area contributed by atoms with Crippen LogP contribution >= 0.6 is 0 Å². The van der Waals surface area contributed by atoms with Gasteiger partial charge in [0.15, 0.2) is 0 Å². The van der Waals surface area contributed by atoms with Crippen molar-refractivity contribution < 1.29 is 14.7 Å². The number of nitrogens with one attached hydrogen (secondary N) is 2. The topological polar surface area (TPSA) is 91.3 Å². The monoisotopic (exact) mass is 263 g/mol. The Morgan fingerprint density at radius 2 is 2.16 bits per heavy atom. The Morgan fingerprint density at radius 3 is 2.68 bits per heavy atom. The summed E-state index contributed by atoms with van der Waals surface area (Å²) >= 11 is 0. The van der Waals surface area contributed by atoms with Gasteiger partial charge in [0.05, 0.1) is 0 Å². The second kappa shape index (κ2) is 4.87. The fourth-order valence-corrected chi connectivity index (χ4v) is 2.05. The quantitative estimate of drug-likeness (QED) is 0.740. The predicted octanol–water partition coefficient (Wildman–Crippen LogP) is 1.11. The van der Waals surface area contributed by atoms with Crippen LogP contribution < -0.4 is 10.6 Å². The van der Waals surface area contributed by atoms with Crippen LogP contribution in [-0.4, -0.2) is 34.6 Å². The van der Waals surface area contributed by atoms with Crippen LogP contribution in [0.1, 0.15) is 30.3 Å². The molecule has 1 aromatic heterocycles. The summed E-state index contributed by atoms with van der Waals surface area (Å²) in [6.45, 7) is 1.67. The maximum absolute atomic E-state index is 11.5. The minimum absolute atomic E-state index is 0.126. The first kappa shape index (κ1) is 13.3. The SMILES string of the molecule is CNC(=O)c1cc(NC(C)(C(=O)O)C2CC2)ccn1. The minimum atomic E-state index is -0.999. The van der Waals surface area contributed by atoms with Gasteiger partial charge in [0.2, 0.25) is 0 Å². The van der Waals surface area contributed by atoms with Crippen LogP contribution in [0.2, 0.25) is 0 Å². The van der Waals surface area contributed by atoms with Crippen molar-refractivity contribution in [3.05, 3.63) is 24.0 Å². The molecule has 1 aromatic rings. The van der Waals surface area contributed by atoms with E-state index in [0.29, 0.717) is 5.69 Å². The molecule has 0 radical (unpaired) electrons. The standard InChI is InChI=1S/C13H17N3O3/c1-13(12(18)19,8-3-4-8)16-9-5-6-15-10(7-9)11(17)14-2/h5-8H,3-4H2,1-2H3,(H,14,17)(H,15,16)(H,18,19). The number of aliphatic carboxylic acids is 1. The molecular weight excluding hydrogens is 246 g/mol. The zero-order valence-electron chi connectivity index (χ0n) is 10.9. The molecular formula is C13H17N3O3. The Labute approximate surface area is 111 Å². The smallest absolute Gasteiger partial charge is 0.329 e. The third kappa shape index (κ3) is 2.67. The first-order valence-corrected chi connectivity index (χ1v) is 6.17. The van der Waals surface area contributed by atoms with E-state index in [4.69, 9.17) is 0 Å². The molecule has 0 bridgehead atoms. The lowest BCUT2D eigenvalue weighted by atomic mass is 9.95. The van der Waals surface area contributed by atoms with E-state index in [2.05, 4.69) is 15.6 Å². The summed E-state index contributed by atoms with van der Waals surface area (Å²) in [4.78, 5) is 26.9. The van der Waals surface area contributed by atoms with Gasteiger partial charge in [-0.15, -0.1) is 0 Å². The highest BCUT2D eigenvalue weighted by molar-refractivity contribution is 5.93. The zero-order valence-corrected chi connectivity index (χ0v) is 10.9. The first-order valence-electron chi connectivity index (χ1n) is 6.17. The number of hydrogen-bond acceptors (Lipinski definition) is 4. The van der Waals surface area contributed by atoms with E-state index in [1.165, 1.54) is 13.2 Å². The third-order valence-corrected chi connectivity index (χ3v) is 3.46. The summed E-state index contributed by atoms with van der Waals surface area (Å²) < 4.78 is 0. The van der Waals surface area contributed by atoms with Gasteiger partial charge in [0, 0.05) is 18.9 Å². The molecule has 1 heterocycles. The molecule has 6 heteroatoms. The summed E-state index contributed by atoms with van der Waals surface area (Å²) in [7, 11) is 1.52. The summed E-state index contributed by atoms with van der Waals surface area (Å²) in [6, 6.07) is 3.22. The van der Waals surface area contributed by atoms with Gasteiger partial charge < -0.3 is 15.7 Å². The van der Waals surface area contributed by atoms with Crippen LogP contribution in [0.3, 0.4) is 0 Å². The largest absolute Gasteiger partial charge is 0.480 e. The van der Waals surface area contributed by atoms with Crippen LogP contribution in [0.25, 0.3) is 0 Å². The van der Waals surface area contributed by atoms with Crippen molar-refractivity contribution in [2.45, 2.75) is 25.3 Å². The molecule has 1 saturated carbocycles. The van der Waals surface area contributed by atoms with Gasteiger partial charge in [-0.3, -0.25) is 9.78 Å². The van der Waals surface area contributed by atoms with E-state index >= 15 is 0 Å². The average molecular weight is 263 g/mol. The number of nitrogens with zero attached hydrogens (tertiary/aromatic N) is 1. The van der Waals surface area contributed by atoms with E-state index in [0.717, 1.165) is 12.8 Å². The third-order valence-electron chi connectivity index (χ3n) is 3.46. The van der Waals surface area contributed by atoms with Crippen LogP contribution in [0.4, 0.5) is 5.69 Å². The molecule has 102 valence electrons. The Morgan fingerprint density at radius 1 is 1.47 bits per heavy atom. The van der Waals surface area contributed by atoms with Gasteiger partial charge in [-0.25, -0.2) is 4.79 Å². The molecule has 1 atom stereocenters. The van der Waals surface area contributed by atoms with Crippen molar-refractivity contribution in [2.75, 3.05) is 12.4 Å². The molecule has 1 unspecified atom stereocenters. The van der Waals surface area contributed by atoms with Crippen molar-refractivity contribution in [1.29, 1.82) is 0 Å². The van der Waals surface area contributed by atoms with Crippen molar-refractivity contribution in [1.82, 2.24) is 10.3 Å². The fraction of sp³-hybridized carbons (Fsp3) is 0.462. The number of carbonyl (C=O) groups is 2. The minimum Gasteiger partial charge on any atom is -0.480 e. The number of carboxylic acid groups (broad SMARTS) is 1. The molecule has 3 N–H and O–H groups in total. The molecule has 1 aliphatic carbocycles. The summed E-state index contributed by atoms with van der Waals surface area (Å²) in [6.07, 6.45) is 3.30. The number of hydrogen-bond donors (Lipinski definition) is 3. The Balaban J connectivity index is 2.22. The number of anilines is 1. The highest BCUT2D eigenvalue weighted by atomic mass is 16.4. The van der Waals surface area contributed by atoms with Crippen molar-refractivity contribution >= 4 is 17.6 Å². The molecule has 0 aliphatic heterocycles. The molecule has 2 rings (SSSR count). The number of rotatable bonds is 5. The van der Waals surface area contributed by atoms with Crippen LogP contribution in [0, 0.1) is 5.92 Å². The number of carbonyl (C=O) groups excluding carboxylic acids is 1. The molecule has 0 aromatic carbocycles. The van der Waals surface area contributed by atoms with E-state index in [1.54, 1.807) is 19.1 Å². The molecule has 1 amide bonds. The van der Waals surface area contributed by atoms with Gasteiger partial charge >= 0.3 is 5.97 Å². The van der Waals surface area contributed by atoms with Crippen molar-refractivity contribution in [3.8, 4) is 0 Å².